The monoisotopic (exact) mass is 648 g/mol. The third kappa shape index (κ3) is 6.30. The van der Waals surface area contributed by atoms with Crippen molar-refractivity contribution in [3.05, 3.63) is 74.5 Å². The van der Waals surface area contributed by atoms with E-state index in [1.807, 2.05) is 57.3 Å². The number of ether oxygens (including phenoxy) is 2. The minimum absolute atomic E-state index is 0.0782. The molecule has 0 radical (unpaired) electrons. The van der Waals surface area contributed by atoms with Crippen molar-refractivity contribution in [3.63, 3.8) is 0 Å². The number of allylic oxidation sites excluding steroid dienone is 4. The summed E-state index contributed by atoms with van der Waals surface area (Å²) in [6, 6.07) is 11.3. The van der Waals surface area contributed by atoms with Gasteiger partial charge in [-0.3, -0.25) is 14.4 Å². The number of aryl methyl sites for hydroxylation is 1. The van der Waals surface area contributed by atoms with Crippen LogP contribution < -0.4 is 14.8 Å². The molecule has 2 aromatic carbocycles. The van der Waals surface area contributed by atoms with Crippen molar-refractivity contribution in [3.8, 4) is 11.5 Å². The molecule has 43 heavy (non-hydrogen) atoms. The Hall–Kier alpha value is -3.39. The highest BCUT2D eigenvalue weighted by Gasteiger charge is 2.48. The van der Waals surface area contributed by atoms with Crippen molar-refractivity contribution >= 4 is 39.1 Å². The summed E-state index contributed by atoms with van der Waals surface area (Å²) in [5, 5.41) is 2.85. The molecule has 3 aliphatic rings. The number of hydrogen-bond donors (Lipinski definition) is 1. The van der Waals surface area contributed by atoms with E-state index in [1.54, 1.807) is 0 Å². The Morgan fingerprint density at radius 3 is 2.02 bits per heavy atom. The van der Waals surface area contributed by atoms with Crippen LogP contribution in [0.5, 0.6) is 11.5 Å². The molecule has 0 atom stereocenters. The van der Waals surface area contributed by atoms with Crippen LogP contribution in [0.1, 0.15) is 77.3 Å². The fourth-order valence-electron chi connectivity index (χ4n) is 6.63. The second kappa shape index (κ2) is 11.6. The second-order valence-corrected chi connectivity index (χ2v) is 14.4. The van der Waals surface area contributed by atoms with Crippen LogP contribution in [0.15, 0.2) is 63.4 Å². The molecule has 1 N–H and O–H groups in total. The number of rotatable bonds is 7. The Morgan fingerprint density at radius 2 is 1.49 bits per heavy atom. The zero-order valence-electron chi connectivity index (χ0n) is 26.2. The standard InChI is InChI=1S/C35H41BrN2O5/c1-8-42-28-14-21(13-23(36)33(28)43-19-29(41)37-22-11-9-20(2)10-12-22)30-31-24(15-34(3,4)17-26(31)39)38(7)25-16-35(5,6)18-27(40)32(25)30/h9-14,30H,8,15-19H2,1-7H3,(H,37,41). The smallest absolute Gasteiger partial charge is 0.262 e. The third-order valence-electron chi connectivity index (χ3n) is 8.53. The van der Waals surface area contributed by atoms with Gasteiger partial charge in [0.1, 0.15) is 0 Å². The molecule has 0 unspecified atom stereocenters. The van der Waals surface area contributed by atoms with E-state index in [0.717, 1.165) is 35.4 Å². The number of carbonyl (C=O) groups excluding carboxylic acids is 3. The molecule has 228 valence electrons. The Bertz CT molecular complexity index is 1500. The number of nitrogens with zero attached hydrogens (tertiary/aromatic N) is 1. The average molecular weight is 650 g/mol. The van der Waals surface area contributed by atoms with Crippen LogP contribution in [0.3, 0.4) is 0 Å². The molecule has 7 nitrogen and oxygen atoms in total. The molecule has 0 saturated carbocycles. The maximum absolute atomic E-state index is 13.9. The Morgan fingerprint density at radius 1 is 0.930 bits per heavy atom. The van der Waals surface area contributed by atoms with Crippen molar-refractivity contribution in [1.82, 2.24) is 4.90 Å². The number of benzene rings is 2. The molecule has 1 aliphatic heterocycles. The van der Waals surface area contributed by atoms with Crippen molar-refractivity contribution in [2.45, 2.75) is 73.1 Å². The molecule has 0 aromatic heterocycles. The lowest BCUT2D eigenvalue weighted by atomic mass is 9.64. The van der Waals surface area contributed by atoms with Gasteiger partial charge in [0, 0.05) is 54.0 Å². The van der Waals surface area contributed by atoms with Gasteiger partial charge in [0.05, 0.1) is 11.1 Å². The first-order valence-corrected chi connectivity index (χ1v) is 15.7. The van der Waals surface area contributed by atoms with E-state index in [0.29, 0.717) is 52.3 Å². The van der Waals surface area contributed by atoms with E-state index < -0.39 is 5.92 Å². The van der Waals surface area contributed by atoms with E-state index in [2.05, 4.69) is 53.8 Å². The normalized spacial score (nSPS) is 19.7. The van der Waals surface area contributed by atoms with E-state index in [9.17, 15) is 14.4 Å². The SMILES string of the molecule is CCOc1cc(C2C3=C(CC(C)(C)CC3=O)N(C)C3=C2C(=O)CC(C)(C)C3)cc(Br)c1OCC(=O)Nc1ccc(C)cc1. The first kappa shape index (κ1) is 31.0. The van der Waals surface area contributed by atoms with E-state index >= 15 is 0 Å². The van der Waals surface area contributed by atoms with Crippen LogP contribution in [0, 0.1) is 17.8 Å². The zero-order valence-corrected chi connectivity index (χ0v) is 27.7. The molecule has 0 fully saturated rings. The molecule has 1 amide bonds. The molecule has 0 bridgehead atoms. The highest BCUT2D eigenvalue weighted by Crippen LogP contribution is 2.55. The van der Waals surface area contributed by atoms with Gasteiger partial charge in [0.15, 0.2) is 29.7 Å². The highest BCUT2D eigenvalue weighted by atomic mass is 79.9. The van der Waals surface area contributed by atoms with E-state index in [4.69, 9.17) is 9.47 Å². The number of amides is 1. The summed E-state index contributed by atoms with van der Waals surface area (Å²) in [4.78, 5) is 42.6. The lowest BCUT2D eigenvalue weighted by Crippen LogP contribution is -2.43. The number of nitrogens with one attached hydrogen (secondary N) is 1. The fraction of sp³-hybridized carbons (Fsp3) is 0.457. The lowest BCUT2D eigenvalue weighted by Gasteiger charge is -2.48. The summed E-state index contributed by atoms with van der Waals surface area (Å²) in [5.74, 6) is 0.207. The minimum atomic E-state index is -0.497. The molecule has 5 rings (SSSR count). The van der Waals surface area contributed by atoms with Crippen LogP contribution in [0.25, 0.3) is 0 Å². The van der Waals surface area contributed by atoms with Gasteiger partial charge in [-0.05, 0) is 83.3 Å². The molecule has 1 heterocycles. The maximum Gasteiger partial charge on any atom is 0.262 e. The maximum atomic E-state index is 13.9. The quantitative estimate of drug-likeness (QED) is 0.335. The molecule has 8 heteroatoms. The van der Waals surface area contributed by atoms with E-state index in [1.165, 1.54) is 0 Å². The Labute approximate surface area is 262 Å². The van der Waals surface area contributed by atoms with Gasteiger partial charge >= 0.3 is 0 Å². The van der Waals surface area contributed by atoms with Gasteiger partial charge in [0.2, 0.25) is 0 Å². The van der Waals surface area contributed by atoms with Crippen LogP contribution >= 0.6 is 15.9 Å². The van der Waals surface area contributed by atoms with Gasteiger partial charge in [-0.25, -0.2) is 0 Å². The average Bonchev–Trinajstić information content (AvgIpc) is 2.89. The van der Waals surface area contributed by atoms with Crippen LogP contribution in [0.2, 0.25) is 0 Å². The Balaban J connectivity index is 1.54. The summed E-state index contributed by atoms with van der Waals surface area (Å²) < 4.78 is 12.6. The van der Waals surface area contributed by atoms with Crippen molar-refractivity contribution in [2.75, 3.05) is 25.6 Å². The summed E-state index contributed by atoms with van der Waals surface area (Å²) in [6.45, 7) is 12.5. The van der Waals surface area contributed by atoms with Gasteiger partial charge < -0.3 is 19.7 Å². The topological polar surface area (TPSA) is 84.9 Å². The minimum Gasteiger partial charge on any atom is -0.490 e. The fourth-order valence-corrected chi connectivity index (χ4v) is 7.20. The number of hydrogen-bond acceptors (Lipinski definition) is 6. The predicted molar refractivity (Wildman–Crippen MR) is 171 cm³/mol. The van der Waals surface area contributed by atoms with Crippen LogP contribution in [-0.4, -0.2) is 42.6 Å². The largest absolute Gasteiger partial charge is 0.490 e. The molecule has 2 aromatic rings. The number of halogens is 1. The molecule has 2 aliphatic carbocycles. The predicted octanol–water partition coefficient (Wildman–Crippen LogP) is 7.49. The van der Waals surface area contributed by atoms with Gasteiger partial charge in [0.25, 0.3) is 5.91 Å². The van der Waals surface area contributed by atoms with E-state index in [-0.39, 0.29) is 34.9 Å². The number of Topliss-reactive ketones (excluding diaryl/α,β-unsaturated/α-hetero) is 2. The number of anilines is 1. The third-order valence-corrected chi connectivity index (χ3v) is 9.12. The summed E-state index contributed by atoms with van der Waals surface area (Å²) in [7, 11) is 2.00. The van der Waals surface area contributed by atoms with Gasteiger partial charge in [-0.15, -0.1) is 0 Å². The molecular weight excluding hydrogens is 608 g/mol. The summed E-state index contributed by atoms with van der Waals surface area (Å²) >= 11 is 3.66. The van der Waals surface area contributed by atoms with Crippen molar-refractivity contribution in [1.29, 1.82) is 0 Å². The highest BCUT2D eigenvalue weighted by molar-refractivity contribution is 9.10. The number of ketones is 2. The van der Waals surface area contributed by atoms with Crippen molar-refractivity contribution < 1.29 is 23.9 Å². The molecule has 0 saturated heterocycles. The molecule has 0 spiro atoms. The zero-order chi connectivity index (χ0) is 31.3. The first-order chi connectivity index (χ1) is 20.2. The lowest BCUT2D eigenvalue weighted by molar-refractivity contribution is -0.120. The molecular formula is C35H41BrN2O5. The van der Waals surface area contributed by atoms with Crippen molar-refractivity contribution in [2.24, 2.45) is 10.8 Å². The van der Waals surface area contributed by atoms with Gasteiger partial charge in [-0.2, -0.15) is 0 Å². The Kier molecular flexibility index (Phi) is 8.38. The summed E-state index contributed by atoms with van der Waals surface area (Å²) in [5.41, 5.74) is 5.64. The van der Waals surface area contributed by atoms with Crippen LogP contribution in [-0.2, 0) is 14.4 Å². The first-order valence-electron chi connectivity index (χ1n) is 14.9. The van der Waals surface area contributed by atoms with Gasteiger partial charge in [-0.1, -0.05) is 45.4 Å². The second-order valence-electron chi connectivity index (χ2n) is 13.6. The summed E-state index contributed by atoms with van der Waals surface area (Å²) in [6.07, 6.45) is 2.36. The van der Waals surface area contributed by atoms with Crippen LogP contribution in [0.4, 0.5) is 5.69 Å². The number of carbonyl (C=O) groups is 3.